The number of carboxylic acids is 1. The lowest BCUT2D eigenvalue weighted by Crippen LogP contribution is -2.23. The van der Waals surface area contributed by atoms with E-state index in [2.05, 4.69) is 0 Å². The predicted octanol–water partition coefficient (Wildman–Crippen LogP) is 2.95. The third-order valence-corrected chi connectivity index (χ3v) is 4.28. The molecule has 1 unspecified atom stereocenters. The summed E-state index contributed by atoms with van der Waals surface area (Å²) in [5.74, 6) is -1.96. The second-order valence-corrected chi connectivity index (χ2v) is 6.14. The lowest BCUT2D eigenvalue weighted by Gasteiger charge is -2.13. The van der Waals surface area contributed by atoms with Crippen LogP contribution in [0, 0.1) is 0 Å². The van der Waals surface area contributed by atoms with Gasteiger partial charge < -0.3 is 5.11 Å². The number of sulfone groups is 1. The van der Waals surface area contributed by atoms with Gasteiger partial charge in [0.05, 0.1) is 10.8 Å². The number of benzene rings is 1. The minimum atomic E-state index is -5.40. The summed E-state index contributed by atoms with van der Waals surface area (Å²) in [5, 5.41) is 9.02. The Morgan fingerprint density at radius 3 is 2.10 bits per heavy atom. The molecular formula is C12H13F3O4S. The highest BCUT2D eigenvalue weighted by Gasteiger charge is 2.46. The molecule has 112 valence electrons. The fraction of sp³-hybridized carbons (Fsp3) is 0.417. The molecule has 0 bridgehead atoms. The third kappa shape index (κ3) is 3.30. The maximum absolute atomic E-state index is 12.3. The average Bonchev–Trinajstić information content (AvgIpc) is 2.34. The minimum Gasteiger partial charge on any atom is -0.481 e. The summed E-state index contributed by atoms with van der Waals surface area (Å²) in [4.78, 5) is 10.1. The van der Waals surface area contributed by atoms with Crippen molar-refractivity contribution < 1.29 is 31.5 Å². The Morgan fingerprint density at radius 1 is 1.25 bits per heavy atom. The molecule has 0 aliphatic rings. The summed E-state index contributed by atoms with van der Waals surface area (Å²) in [6, 6.07) is 3.77. The number of hydrogen-bond acceptors (Lipinski definition) is 3. The van der Waals surface area contributed by atoms with Gasteiger partial charge in [-0.05, 0) is 24.1 Å². The molecule has 8 heteroatoms. The number of carbonyl (C=O) groups is 1. The van der Waals surface area contributed by atoms with E-state index < -0.39 is 32.1 Å². The average molecular weight is 310 g/mol. The number of hydrogen-bond donors (Lipinski definition) is 1. The summed E-state index contributed by atoms with van der Waals surface area (Å²) in [7, 11) is -5.40. The van der Waals surface area contributed by atoms with Gasteiger partial charge in [0.1, 0.15) is 0 Å². The molecule has 0 saturated heterocycles. The van der Waals surface area contributed by atoms with E-state index in [9.17, 15) is 26.4 Å². The van der Waals surface area contributed by atoms with Crippen molar-refractivity contribution in [3.05, 3.63) is 29.8 Å². The molecule has 0 aliphatic heterocycles. The van der Waals surface area contributed by atoms with Crippen molar-refractivity contribution in [1.29, 1.82) is 0 Å². The van der Waals surface area contributed by atoms with Crippen LogP contribution >= 0.6 is 0 Å². The largest absolute Gasteiger partial charge is 0.501 e. The van der Waals surface area contributed by atoms with Gasteiger partial charge in [0, 0.05) is 0 Å². The number of alkyl halides is 3. The first-order valence-electron chi connectivity index (χ1n) is 5.75. The van der Waals surface area contributed by atoms with E-state index in [0.29, 0.717) is 12.8 Å². The van der Waals surface area contributed by atoms with E-state index in [1.807, 2.05) is 0 Å². The second kappa shape index (κ2) is 5.82. The standard InChI is InChI=1S/C12H13F3O4S/c1-2-3-10(11(16)17)8-4-6-9(7-5-8)20(18,19)12(13,14)15/h4-7,10H,2-3H2,1H3,(H,16,17). The van der Waals surface area contributed by atoms with Crippen LogP contribution < -0.4 is 0 Å². The van der Waals surface area contributed by atoms with E-state index in [1.165, 1.54) is 0 Å². The highest BCUT2D eigenvalue weighted by Crippen LogP contribution is 2.31. The summed E-state index contributed by atoms with van der Waals surface area (Å²) in [6.07, 6.45) is 0.903. The fourth-order valence-corrected chi connectivity index (χ4v) is 2.50. The van der Waals surface area contributed by atoms with Crippen molar-refractivity contribution in [1.82, 2.24) is 0 Å². The molecule has 1 atom stereocenters. The van der Waals surface area contributed by atoms with Gasteiger partial charge >= 0.3 is 11.5 Å². The van der Waals surface area contributed by atoms with Crippen LogP contribution in [-0.4, -0.2) is 25.0 Å². The van der Waals surface area contributed by atoms with E-state index in [1.54, 1.807) is 6.92 Å². The van der Waals surface area contributed by atoms with Gasteiger partial charge in [-0.25, -0.2) is 8.42 Å². The van der Waals surface area contributed by atoms with Crippen LogP contribution in [0.1, 0.15) is 31.2 Å². The number of halogens is 3. The van der Waals surface area contributed by atoms with Crippen molar-refractivity contribution in [3.8, 4) is 0 Å². The molecule has 1 aromatic rings. The summed E-state index contributed by atoms with van der Waals surface area (Å²) >= 11 is 0. The Labute approximate surface area is 114 Å². The Morgan fingerprint density at radius 2 is 1.75 bits per heavy atom. The molecule has 0 aliphatic carbocycles. The molecule has 1 aromatic carbocycles. The maximum Gasteiger partial charge on any atom is 0.501 e. The van der Waals surface area contributed by atoms with Gasteiger partial charge in [0.15, 0.2) is 0 Å². The molecule has 0 spiro atoms. The molecule has 0 fully saturated rings. The van der Waals surface area contributed by atoms with Crippen molar-refractivity contribution in [3.63, 3.8) is 0 Å². The zero-order valence-corrected chi connectivity index (χ0v) is 11.3. The fourth-order valence-electron chi connectivity index (χ4n) is 1.73. The highest BCUT2D eigenvalue weighted by atomic mass is 32.2. The van der Waals surface area contributed by atoms with Crippen LogP contribution in [-0.2, 0) is 14.6 Å². The van der Waals surface area contributed by atoms with Crippen molar-refractivity contribution >= 4 is 15.8 Å². The quantitative estimate of drug-likeness (QED) is 0.907. The Balaban J connectivity index is 3.15. The van der Waals surface area contributed by atoms with E-state index in [-0.39, 0.29) is 5.56 Å². The van der Waals surface area contributed by atoms with Crippen LogP contribution in [0.2, 0.25) is 0 Å². The number of carboxylic acid groups (broad SMARTS) is 1. The monoisotopic (exact) mass is 310 g/mol. The van der Waals surface area contributed by atoms with Gasteiger partial charge in [-0.15, -0.1) is 0 Å². The molecule has 1 N–H and O–H groups in total. The third-order valence-electron chi connectivity index (χ3n) is 2.77. The topological polar surface area (TPSA) is 71.4 Å². The second-order valence-electron chi connectivity index (χ2n) is 4.20. The molecular weight excluding hydrogens is 297 g/mol. The van der Waals surface area contributed by atoms with E-state index >= 15 is 0 Å². The van der Waals surface area contributed by atoms with Crippen LogP contribution in [0.15, 0.2) is 29.2 Å². The van der Waals surface area contributed by atoms with Crippen molar-refractivity contribution in [2.24, 2.45) is 0 Å². The van der Waals surface area contributed by atoms with Crippen LogP contribution in [0.5, 0.6) is 0 Å². The first-order valence-corrected chi connectivity index (χ1v) is 7.23. The molecule has 0 saturated carbocycles. The zero-order valence-electron chi connectivity index (χ0n) is 10.5. The lowest BCUT2D eigenvalue weighted by molar-refractivity contribution is -0.139. The van der Waals surface area contributed by atoms with Crippen molar-refractivity contribution in [2.45, 2.75) is 36.1 Å². The molecule has 0 aromatic heterocycles. The molecule has 20 heavy (non-hydrogen) atoms. The molecule has 0 heterocycles. The van der Waals surface area contributed by atoms with Crippen LogP contribution in [0.3, 0.4) is 0 Å². The van der Waals surface area contributed by atoms with E-state index in [0.717, 1.165) is 24.3 Å². The maximum atomic E-state index is 12.3. The first kappa shape index (κ1) is 16.5. The Bertz CT molecular complexity index is 576. The smallest absolute Gasteiger partial charge is 0.481 e. The Hall–Kier alpha value is -1.57. The van der Waals surface area contributed by atoms with Crippen LogP contribution in [0.4, 0.5) is 13.2 Å². The SMILES string of the molecule is CCCC(C(=O)O)c1ccc(S(=O)(=O)C(F)(F)F)cc1. The van der Waals surface area contributed by atoms with E-state index in [4.69, 9.17) is 5.11 Å². The summed E-state index contributed by atoms with van der Waals surface area (Å²) in [5.41, 5.74) is -5.09. The first-order chi connectivity index (χ1) is 9.11. The predicted molar refractivity (Wildman–Crippen MR) is 65.0 cm³/mol. The molecule has 0 radical (unpaired) electrons. The Kier molecular flexibility index (Phi) is 4.80. The van der Waals surface area contributed by atoms with Gasteiger partial charge in [-0.3, -0.25) is 4.79 Å². The molecule has 4 nitrogen and oxygen atoms in total. The lowest BCUT2D eigenvalue weighted by atomic mass is 9.95. The summed E-state index contributed by atoms with van der Waals surface area (Å²) in [6.45, 7) is 1.78. The van der Waals surface area contributed by atoms with Gasteiger partial charge in [-0.2, -0.15) is 13.2 Å². The molecule has 0 amide bonds. The highest BCUT2D eigenvalue weighted by molar-refractivity contribution is 7.92. The van der Waals surface area contributed by atoms with Crippen molar-refractivity contribution in [2.75, 3.05) is 0 Å². The normalized spacial score (nSPS) is 14.0. The van der Waals surface area contributed by atoms with Crippen LogP contribution in [0.25, 0.3) is 0 Å². The number of aliphatic carboxylic acids is 1. The molecule has 1 rings (SSSR count). The summed E-state index contributed by atoms with van der Waals surface area (Å²) < 4.78 is 59.3. The van der Waals surface area contributed by atoms with Gasteiger partial charge in [-0.1, -0.05) is 25.5 Å². The minimum absolute atomic E-state index is 0.278. The van der Waals surface area contributed by atoms with Gasteiger partial charge in [0.2, 0.25) is 0 Å². The van der Waals surface area contributed by atoms with Gasteiger partial charge in [0.25, 0.3) is 9.84 Å². The zero-order chi connectivity index (χ0) is 15.6. The number of rotatable bonds is 5.